The molecule has 2 rings (SSSR count). The van der Waals surface area contributed by atoms with Gasteiger partial charge in [0.15, 0.2) is 0 Å². The minimum Gasteiger partial charge on any atom is -0.477 e. The highest BCUT2D eigenvalue weighted by molar-refractivity contribution is 9.11. The van der Waals surface area contributed by atoms with Crippen molar-refractivity contribution in [3.8, 4) is 0 Å². The first-order valence-corrected chi connectivity index (χ1v) is 9.41. The van der Waals surface area contributed by atoms with Gasteiger partial charge in [0.25, 0.3) is 10.0 Å². The molecule has 0 spiro atoms. The molecular formula is C12H9Br2NO4S2. The third-order valence-electron chi connectivity index (χ3n) is 2.52. The number of anilines is 1. The number of benzene rings is 1. The second-order valence-electron chi connectivity index (χ2n) is 4.14. The summed E-state index contributed by atoms with van der Waals surface area (Å²) in [5.41, 5.74) is 1.29. The molecule has 2 aromatic rings. The third-order valence-corrected chi connectivity index (χ3v) is 6.82. The van der Waals surface area contributed by atoms with Gasteiger partial charge in [-0.2, -0.15) is 0 Å². The normalized spacial score (nSPS) is 11.4. The van der Waals surface area contributed by atoms with Gasteiger partial charge in [0, 0.05) is 4.47 Å². The molecule has 0 radical (unpaired) electrons. The van der Waals surface area contributed by atoms with Crippen molar-refractivity contribution in [3.05, 3.63) is 43.0 Å². The lowest BCUT2D eigenvalue weighted by atomic mass is 10.2. The van der Waals surface area contributed by atoms with Crippen molar-refractivity contribution in [2.75, 3.05) is 4.72 Å². The summed E-state index contributed by atoms with van der Waals surface area (Å²) in [4.78, 5) is 10.8. The molecule has 0 aliphatic rings. The van der Waals surface area contributed by atoms with E-state index in [4.69, 9.17) is 5.11 Å². The highest BCUT2D eigenvalue weighted by Gasteiger charge is 2.23. The standard InChI is InChI=1S/C12H9Br2NO4S2/c1-6-2-3-7(13)8(4-6)15-21(18,19)10-5-9(12(16)17)20-11(10)14/h2-5,15H,1H3,(H,16,17). The molecule has 0 saturated heterocycles. The van der Waals surface area contributed by atoms with Crippen LogP contribution in [0.3, 0.4) is 0 Å². The first kappa shape index (κ1) is 16.5. The number of hydrogen-bond acceptors (Lipinski definition) is 4. The zero-order valence-electron chi connectivity index (χ0n) is 10.6. The minimum atomic E-state index is -3.88. The van der Waals surface area contributed by atoms with Gasteiger partial charge in [0.1, 0.15) is 9.77 Å². The lowest BCUT2D eigenvalue weighted by Gasteiger charge is -2.09. The van der Waals surface area contributed by atoms with Gasteiger partial charge in [-0.05, 0) is 62.5 Å². The Morgan fingerprint density at radius 3 is 2.52 bits per heavy atom. The molecule has 0 aliphatic heterocycles. The number of nitrogens with one attached hydrogen (secondary N) is 1. The van der Waals surface area contributed by atoms with E-state index in [1.807, 2.05) is 13.0 Å². The summed E-state index contributed by atoms with van der Waals surface area (Å²) in [6.45, 7) is 1.84. The summed E-state index contributed by atoms with van der Waals surface area (Å²) in [6, 6.07) is 6.38. The molecule has 1 heterocycles. The van der Waals surface area contributed by atoms with Crippen molar-refractivity contribution in [2.24, 2.45) is 0 Å². The summed E-state index contributed by atoms with van der Waals surface area (Å²) < 4.78 is 28.0. The summed E-state index contributed by atoms with van der Waals surface area (Å²) in [7, 11) is -3.88. The van der Waals surface area contributed by atoms with E-state index < -0.39 is 16.0 Å². The SMILES string of the molecule is Cc1ccc(Br)c(NS(=O)(=O)c2cc(C(=O)O)sc2Br)c1. The predicted octanol–water partition coefficient (Wildman–Crippen LogP) is 4.08. The highest BCUT2D eigenvalue weighted by atomic mass is 79.9. The van der Waals surface area contributed by atoms with Gasteiger partial charge in [-0.25, -0.2) is 13.2 Å². The molecule has 0 aliphatic carbocycles. The number of rotatable bonds is 4. The van der Waals surface area contributed by atoms with Gasteiger partial charge in [0.05, 0.1) is 9.47 Å². The number of carbonyl (C=O) groups is 1. The van der Waals surface area contributed by atoms with Crippen molar-refractivity contribution in [3.63, 3.8) is 0 Å². The number of aromatic carboxylic acids is 1. The summed E-state index contributed by atoms with van der Waals surface area (Å²) >= 11 is 7.22. The second-order valence-corrected chi connectivity index (χ2v) is 9.02. The fourth-order valence-corrected chi connectivity index (χ4v) is 5.51. The van der Waals surface area contributed by atoms with Crippen molar-refractivity contribution < 1.29 is 18.3 Å². The fraction of sp³-hybridized carbons (Fsp3) is 0.0833. The topological polar surface area (TPSA) is 83.5 Å². The molecule has 9 heteroatoms. The van der Waals surface area contributed by atoms with E-state index >= 15 is 0 Å². The average Bonchev–Trinajstić information content (AvgIpc) is 2.77. The van der Waals surface area contributed by atoms with Crippen LogP contribution in [0, 0.1) is 6.92 Å². The summed E-state index contributed by atoms with van der Waals surface area (Å²) in [5, 5.41) is 8.93. The second kappa shape index (κ2) is 6.07. The lowest BCUT2D eigenvalue weighted by molar-refractivity contribution is 0.0702. The molecule has 0 amide bonds. The number of carboxylic acid groups (broad SMARTS) is 1. The van der Waals surface area contributed by atoms with E-state index in [0.717, 1.165) is 23.0 Å². The molecule has 0 saturated carbocycles. The lowest BCUT2D eigenvalue weighted by Crippen LogP contribution is -2.13. The first-order chi connectivity index (χ1) is 9.70. The quantitative estimate of drug-likeness (QED) is 0.728. The van der Waals surface area contributed by atoms with Crippen LogP contribution in [0.4, 0.5) is 5.69 Å². The largest absolute Gasteiger partial charge is 0.477 e. The molecule has 1 aromatic heterocycles. The Hall–Kier alpha value is -0.900. The van der Waals surface area contributed by atoms with Crippen molar-refractivity contribution in [1.82, 2.24) is 0 Å². The Labute approximate surface area is 142 Å². The Morgan fingerprint density at radius 1 is 1.29 bits per heavy atom. The molecule has 21 heavy (non-hydrogen) atoms. The maximum Gasteiger partial charge on any atom is 0.345 e. The van der Waals surface area contributed by atoms with Crippen LogP contribution in [0.5, 0.6) is 0 Å². The van der Waals surface area contributed by atoms with Crippen LogP contribution in [0.1, 0.15) is 15.2 Å². The molecule has 5 nitrogen and oxygen atoms in total. The molecule has 112 valence electrons. The zero-order valence-corrected chi connectivity index (χ0v) is 15.4. The molecular weight excluding hydrogens is 446 g/mol. The Morgan fingerprint density at radius 2 is 1.95 bits per heavy atom. The number of aryl methyl sites for hydroxylation is 1. The van der Waals surface area contributed by atoms with Gasteiger partial charge in [-0.3, -0.25) is 4.72 Å². The van der Waals surface area contributed by atoms with Crippen LogP contribution in [0.25, 0.3) is 0 Å². The number of thiophene rings is 1. The molecule has 0 unspecified atom stereocenters. The molecule has 0 atom stereocenters. The molecule has 1 aromatic carbocycles. The zero-order chi connectivity index (χ0) is 15.8. The Kier molecular flexibility index (Phi) is 4.76. The maximum atomic E-state index is 12.4. The van der Waals surface area contributed by atoms with Crippen LogP contribution in [0.15, 0.2) is 37.4 Å². The van der Waals surface area contributed by atoms with Crippen LogP contribution in [-0.2, 0) is 10.0 Å². The summed E-state index contributed by atoms with van der Waals surface area (Å²) in [5.74, 6) is -1.17. The van der Waals surface area contributed by atoms with Gasteiger partial charge in [-0.1, -0.05) is 6.07 Å². The van der Waals surface area contributed by atoms with E-state index in [0.29, 0.717) is 10.2 Å². The fourth-order valence-electron chi connectivity index (χ4n) is 1.56. The first-order valence-electron chi connectivity index (χ1n) is 5.52. The number of carboxylic acids is 1. The van der Waals surface area contributed by atoms with Gasteiger partial charge in [-0.15, -0.1) is 11.3 Å². The molecule has 2 N–H and O–H groups in total. The highest BCUT2D eigenvalue weighted by Crippen LogP contribution is 2.34. The Bertz CT molecular complexity index is 815. The van der Waals surface area contributed by atoms with Crippen molar-refractivity contribution in [2.45, 2.75) is 11.8 Å². The van der Waals surface area contributed by atoms with Gasteiger partial charge < -0.3 is 5.11 Å². The van der Waals surface area contributed by atoms with Crippen LogP contribution in [0.2, 0.25) is 0 Å². The number of halogens is 2. The van der Waals surface area contributed by atoms with Gasteiger partial charge >= 0.3 is 5.97 Å². The summed E-state index contributed by atoms with van der Waals surface area (Å²) in [6.07, 6.45) is 0. The molecule has 0 fully saturated rings. The van der Waals surface area contributed by atoms with Gasteiger partial charge in [0.2, 0.25) is 0 Å². The minimum absolute atomic E-state index is 0.0504. The van der Waals surface area contributed by atoms with E-state index in [-0.39, 0.29) is 13.6 Å². The van der Waals surface area contributed by atoms with Crippen LogP contribution < -0.4 is 4.72 Å². The van der Waals surface area contributed by atoms with E-state index in [1.165, 1.54) is 0 Å². The third kappa shape index (κ3) is 3.65. The van der Waals surface area contributed by atoms with Crippen molar-refractivity contribution in [1.29, 1.82) is 0 Å². The predicted molar refractivity (Wildman–Crippen MR) is 88.7 cm³/mol. The molecule has 0 bridgehead atoms. The van der Waals surface area contributed by atoms with E-state index in [1.54, 1.807) is 12.1 Å². The maximum absolute atomic E-state index is 12.4. The number of hydrogen-bond donors (Lipinski definition) is 2. The van der Waals surface area contributed by atoms with E-state index in [9.17, 15) is 13.2 Å². The number of sulfonamides is 1. The van der Waals surface area contributed by atoms with Crippen LogP contribution >= 0.6 is 43.2 Å². The monoisotopic (exact) mass is 453 g/mol. The average molecular weight is 455 g/mol. The van der Waals surface area contributed by atoms with Crippen LogP contribution in [-0.4, -0.2) is 19.5 Å². The smallest absolute Gasteiger partial charge is 0.345 e. The Balaban J connectivity index is 2.43. The van der Waals surface area contributed by atoms with E-state index in [2.05, 4.69) is 36.6 Å². The van der Waals surface area contributed by atoms with Crippen molar-refractivity contribution >= 4 is 64.9 Å².